The van der Waals surface area contributed by atoms with Gasteiger partial charge in [0.05, 0.1) is 16.4 Å². The van der Waals surface area contributed by atoms with Gasteiger partial charge in [0.25, 0.3) is 0 Å². The van der Waals surface area contributed by atoms with Crippen molar-refractivity contribution in [2.45, 2.75) is 6.92 Å². The molecule has 0 bridgehead atoms. The first-order valence-electron chi connectivity index (χ1n) is 7.63. The van der Waals surface area contributed by atoms with Gasteiger partial charge >= 0.3 is 0 Å². The highest BCUT2D eigenvalue weighted by molar-refractivity contribution is 6.33. The number of aromatic amines is 1. The fraction of sp³-hybridized carbons (Fsp3) is 0.0556. The number of halogens is 1. The van der Waals surface area contributed by atoms with E-state index in [4.69, 9.17) is 11.6 Å². The maximum atomic E-state index is 9.29. The molecule has 0 spiro atoms. The number of nitrogens with one attached hydrogen (secondary N) is 2. The van der Waals surface area contributed by atoms with Crippen LogP contribution in [0.1, 0.15) is 11.3 Å². The lowest BCUT2D eigenvalue weighted by Gasteiger charge is -2.09. The van der Waals surface area contributed by atoms with E-state index in [1.54, 1.807) is 10.7 Å². The Balaban J connectivity index is 1.94. The minimum absolute atomic E-state index is 0.459. The molecule has 0 aliphatic heterocycles. The van der Waals surface area contributed by atoms with Gasteiger partial charge in [-0.25, -0.2) is 9.50 Å². The molecule has 3 heterocycles. The normalized spacial score (nSPS) is 10.8. The van der Waals surface area contributed by atoms with Crippen LogP contribution in [0.5, 0.6) is 0 Å². The molecule has 2 N–H and O–H groups in total. The highest BCUT2D eigenvalue weighted by atomic mass is 35.5. The van der Waals surface area contributed by atoms with Crippen LogP contribution < -0.4 is 5.32 Å². The number of anilines is 2. The van der Waals surface area contributed by atoms with Gasteiger partial charge in [-0.2, -0.15) is 5.26 Å². The molecular formula is C18H13ClN6. The third kappa shape index (κ3) is 2.61. The average Bonchev–Trinajstić information content (AvgIpc) is 3.16. The van der Waals surface area contributed by atoms with Crippen molar-refractivity contribution in [1.29, 1.82) is 5.26 Å². The van der Waals surface area contributed by atoms with E-state index in [0.29, 0.717) is 27.7 Å². The summed E-state index contributed by atoms with van der Waals surface area (Å²) in [6.45, 7) is 1.92. The van der Waals surface area contributed by atoms with Crippen molar-refractivity contribution in [2.75, 3.05) is 5.32 Å². The Labute approximate surface area is 148 Å². The first kappa shape index (κ1) is 15.2. The third-order valence-electron chi connectivity index (χ3n) is 3.83. The Bertz CT molecular complexity index is 1120. The number of rotatable bonds is 3. The number of H-pyrrole nitrogens is 1. The number of aromatic nitrogens is 4. The second-order valence-electron chi connectivity index (χ2n) is 5.54. The molecule has 0 aliphatic rings. The van der Waals surface area contributed by atoms with E-state index in [9.17, 15) is 5.26 Å². The number of imidazole rings is 1. The molecule has 0 saturated carbocycles. The van der Waals surface area contributed by atoms with Gasteiger partial charge in [-0.05, 0) is 31.2 Å². The standard InChI is InChI=1S/C18H13ClN6/c1-11-5-4-8-15(22-11)16-18(23-14-7-3-2-6-13(14)19)25-17(24-16)12(9-20)10-21-25/h2-8,10,21,23H,1H3. The van der Waals surface area contributed by atoms with Crippen LogP contribution in [0.25, 0.3) is 17.0 Å². The Kier molecular flexibility index (Phi) is 3.64. The molecule has 6 nitrogen and oxygen atoms in total. The van der Waals surface area contributed by atoms with Crippen LogP contribution in [0.2, 0.25) is 5.02 Å². The summed E-state index contributed by atoms with van der Waals surface area (Å²) in [5.74, 6) is 0.669. The lowest BCUT2D eigenvalue weighted by Crippen LogP contribution is -1.99. The maximum Gasteiger partial charge on any atom is 0.173 e. The fourth-order valence-electron chi connectivity index (χ4n) is 2.66. The number of nitrogens with zero attached hydrogens (tertiary/aromatic N) is 4. The molecule has 0 fully saturated rings. The molecule has 0 amide bonds. The summed E-state index contributed by atoms with van der Waals surface area (Å²) in [4.78, 5) is 9.17. The van der Waals surface area contributed by atoms with Crippen molar-refractivity contribution < 1.29 is 0 Å². The van der Waals surface area contributed by atoms with Crippen molar-refractivity contribution in [3.05, 3.63) is 64.9 Å². The Hall–Kier alpha value is -3.30. The topological polar surface area (TPSA) is 81.8 Å². The molecule has 0 radical (unpaired) electrons. The SMILES string of the molecule is Cc1cccc(-c2nc3c(C#N)c[nH]n3c2Nc2ccccc2Cl)n1. The molecule has 4 rings (SSSR count). The number of hydrogen-bond donors (Lipinski definition) is 2. The summed E-state index contributed by atoms with van der Waals surface area (Å²) in [7, 11) is 0. The number of fused-ring (bicyclic) bond motifs is 1. The van der Waals surface area contributed by atoms with Crippen molar-refractivity contribution in [2.24, 2.45) is 0 Å². The zero-order valence-electron chi connectivity index (χ0n) is 13.3. The Morgan fingerprint density at radius 1 is 1.16 bits per heavy atom. The first-order valence-corrected chi connectivity index (χ1v) is 8.00. The maximum absolute atomic E-state index is 9.29. The van der Waals surface area contributed by atoms with E-state index in [1.807, 2.05) is 49.4 Å². The van der Waals surface area contributed by atoms with Crippen molar-refractivity contribution in [1.82, 2.24) is 19.6 Å². The van der Waals surface area contributed by atoms with Gasteiger partial charge in [0, 0.05) is 11.9 Å². The largest absolute Gasteiger partial charge is 0.337 e. The Morgan fingerprint density at radius 3 is 2.76 bits per heavy atom. The lowest BCUT2D eigenvalue weighted by atomic mass is 10.2. The van der Waals surface area contributed by atoms with Gasteiger partial charge in [-0.1, -0.05) is 29.8 Å². The van der Waals surface area contributed by atoms with E-state index in [2.05, 4.69) is 26.5 Å². The number of benzene rings is 1. The molecule has 25 heavy (non-hydrogen) atoms. The molecule has 0 unspecified atom stereocenters. The predicted molar refractivity (Wildman–Crippen MR) is 97.0 cm³/mol. The van der Waals surface area contributed by atoms with Crippen LogP contribution in [-0.2, 0) is 0 Å². The molecule has 7 heteroatoms. The number of para-hydroxylation sites is 1. The van der Waals surface area contributed by atoms with Gasteiger partial charge in [-0.3, -0.25) is 10.1 Å². The van der Waals surface area contributed by atoms with Crippen LogP contribution >= 0.6 is 11.6 Å². The number of hydrogen-bond acceptors (Lipinski definition) is 4. The molecule has 0 saturated heterocycles. The summed E-state index contributed by atoms with van der Waals surface area (Å²) in [6, 6.07) is 15.3. The predicted octanol–water partition coefficient (Wildman–Crippen LogP) is 4.30. The average molecular weight is 349 g/mol. The van der Waals surface area contributed by atoms with Crippen molar-refractivity contribution in [3.8, 4) is 17.5 Å². The minimum Gasteiger partial charge on any atom is -0.337 e. The first-order chi connectivity index (χ1) is 12.2. The summed E-state index contributed by atoms with van der Waals surface area (Å²) >= 11 is 6.28. The minimum atomic E-state index is 0.459. The summed E-state index contributed by atoms with van der Waals surface area (Å²) in [5.41, 5.74) is 3.99. The van der Waals surface area contributed by atoms with E-state index >= 15 is 0 Å². The summed E-state index contributed by atoms with van der Waals surface area (Å²) in [5, 5.41) is 16.2. The van der Waals surface area contributed by atoms with Crippen LogP contribution in [0.4, 0.5) is 11.5 Å². The zero-order chi connectivity index (χ0) is 17.4. The van der Waals surface area contributed by atoms with Crippen LogP contribution in [0, 0.1) is 18.3 Å². The molecule has 3 aromatic heterocycles. The lowest BCUT2D eigenvalue weighted by molar-refractivity contribution is 0.980. The van der Waals surface area contributed by atoms with Gasteiger partial charge in [0.2, 0.25) is 0 Å². The van der Waals surface area contributed by atoms with E-state index in [1.165, 1.54) is 0 Å². The highest BCUT2D eigenvalue weighted by Crippen LogP contribution is 2.33. The summed E-state index contributed by atoms with van der Waals surface area (Å²) in [6.07, 6.45) is 1.62. The molecule has 122 valence electrons. The van der Waals surface area contributed by atoms with E-state index < -0.39 is 0 Å². The van der Waals surface area contributed by atoms with Crippen LogP contribution in [0.15, 0.2) is 48.7 Å². The van der Waals surface area contributed by atoms with Gasteiger partial charge in [-0.15, -0.1) is 0 Å². The quantitative estimate of drug-likeness (QED) is 0.578. The van der Waals surface area contributed by atoms with Gasteiger partial charge < -0.3 is 5.32 Å². The molecule has 1 aromatic carbocycles. The van der Waals surface area contributed by atoms with Crippen LogP contribution in [-0.4, -0.2) is 19.6 Å². The number of aryl methyl sites for hydroxylation is 1. The van der Waals surface area contributed by atoms with Crippen molar-refractivity contribution >= 4 is 28.8 Å². The Morgan fingerprint density at radius 2 is 2.00 bits per heavy atom. The molecule has 0 atom stereocenters. The number of pyridine rings is 1. The van der Waals surface area contributed by atoms with E-state index in [0.717, 1.165) is 17.1 Å². The highest BCUT2D eigenvalue weighted by Gasteiger charge is 2.19. The zero-order valence-corrected chi connectivity index (χ0v) is 14.0. The second-order valence-corrected chi connectivity index (χ2v) is 5.94. The third-order valence-corrected chi connectivity index (χ3v) is 4.16. The van der Waals surface area contributed by atoms with Crippen molar-refractivity contribution in [3.63, 3.8) is 0 Å². The summed E-state index contributed by atoms with van der Waals surface area (Å²) < 4.78 is 1.72. The molecule has 0 aliphatic carbocycles. The molecule has 4 aromatic rings. The molecular weight excluding hydrogens is 336 g/mol. The van der Waals surface area contributed by atoms with E-state index in [-0.39, 0.29) is 0 Å². The van der Waals surface area contributed by atoms with Gasteiger partial charge in [0.1, 0.15) is 17.3 Å². The second kappa shape index (κ2) is 5.96. The monoisotopic (exact) mass is 348 g/mol. The fourth-order valence-corrected chi connectivity index (χ4v) is 2.84. The smallest absolute Gasteiger partial charge is 0.173 e. The van der Waals surface area contributed by atoms with Gasteiger partial charge in [0.15, 0.2) is 11.5 Å². The number of nitriles is 1. The van der Waals surface area contributed by atoms with Crippen LogP contribution in [0.3, 0.4) is 0 Å².